The lowest BCUT2D eigenvalue weighted by molar-refractivity contribution is -0.141. The summed E-state index contributed by atoms with van der Waals surface area (Å²) in [6, 6.07) is -1.07. The maximum absolute atomic E-state index is 10.9. The Bertz CT molecular complexity index is 246. The molecule has 1 atom stereocenters. The minimum atomic E-state index is -3.20. The number of hydrogen-bond donors (Lipinski definition) is 1. The van der Waals surface area contributed by atoms with Crippen LogP contribution in [0.3, 0.4) is 0 Å². The highest BCUT2D eigenvalue weighted by molar-refractivity contribution is 7.91. The largest absolute Gasteiger partial charge is 0.468 e. The van der Waals surface area contributed by atoms with E-state index in [2.05, 4.69) is 4.74 Å². The first kappa shape index (κ1) is 11.4. The maximum atomic E-state index is 10.9. The average molecular weight is 195 g/mol. The summed E-state index contributed by atoms with van der Waals surface area (Å²) in [5, 5.41) is 0. The summed E-state index contributed by atoms with van der Waals surface area (Å²) in [7, 11) is -2.03. The summed E-state index contributed by atoms with van der Waals surface area (Å²) in [6.45, 7) is 1.50. The fraction of sp³-hybridized carbons (Fsp3) is 0.833. The van der Waals surface area contributed by atoms with Crippen LogP contribution in [0.15, 0.2) is 0 Å². The number of hydrogen-bond acceptors (Lipinski definition) is 5. The van der Waals surface area contributed by atoms with Crippen molar-refractivity contribution in [1.29, 1.82) is 0 Å². The fourth-order valence-corrected chi connectivity index (χ4v) is 1.53. The molecule has 0 spiro atoms. The van der Waals surface area contributed by atoms with E-state index >= 15 is 0 Å². The molecule has 0 aromatic rings. The molecular formula is C6H13NO4S. The summed E-state index contributed by atoms with van der Waals surface area (Å²) in [5.41, 5.74) is 5.24. The second-order valence-electron chi connectivity index (χ2n) is 2.33. The number of carbonyl (C=O) groups excluding carboxylic acids is 1. The van der Waals surface area contributed by atoms with Crippen molar-refractivity contribution < 1.29 is 17.9 Å². The van der Waals surface area contributed by atoms with E-state index in [-0.39, 0.29) is 11.5 Å². The Kier molecular flexibility index (Phi) is 4.19. The van der Waals surface area contributed by atoms with Crippen molar-refractivity contribution >= 4 is 15.8 Å². The molecule has 72 valence electrons. The van der Waals surface area contributed by atoms with Crippen LogP contribution in [0.25, 0.3) is 0 Å². The van der Waals surface area contributed by atoms with E-state index in [9.17, 15) is 13.2 Å². The monoisotopic (exact) mass is 195 g/mol. The molecule has 0 bridgehead atoms. The SMILES string of the molecule is CCS(=O)(=O)CC(N)C(=O)OC. The standard InChI is InChI=1S/C6H13NO4S/c1-3-12(9,10)4-5(7)6(8)11-2/h5H,3-4,7H2,1-2H3. The molecule has 0 fully saturated rings. The molecule has 0 aliphatic heterocycles. The Hall–Kier alpha value is -0.620. The highest BCUT2D eigenvalue weighted by Crippen LogP contribution is 1.94. The Morgan fingerprint density at radius 2 is 2.08 bits per heavy atom. The zero-order valence-corrected chi connectivity index (χ0v) is 7.93. The van der Waals surface area contributed by atoms with Gasteiger partial charge in [0.2, 0.25) is 0 Å². The van der Waals surface area contributed by atoms with Crippen molar-refractivity contribution in [1.82, 2.24) is 0 Å². The molecule has 0 amide bonds. The van der Waals surface area contributed by atoms with E-state index in [1.54, 1.807) is 0 Å². The molecule has 0 rings (SSSR count). The lowest BCUT2D eigenvalue weighted by Crippen LogP contribution is -2.38. The van der Waals surface area contributed by atoms with E-state index in [0.717, 1.165) is 0 Å². The Labute approximate surface area is 71.8 Å². The molecule has 0 aliphatic rings. The molecule has 12 heavy (non-hydrogen) atoms. The van der Waals surface area contributed by atoms with Gasteiger partial charge in [0, 0.05) is 5.75 Å². The van der Waals surface area contributed by atoms with Crippen LogP contribution in [0.1, 0.15) is 6.92 Å². The van der Waals surface area contributed by atoms with Crippen molar-refractivity contribution in [2.75, 3.05) is 18.6 Å². The molecule has 0 aromatic carbocycles. The molecule has 0 saturated carbocycles. The van der Waals surface area contributed by atoms with Gasteiger partial charge in [-0.3, -0.25) is 4.79 Å². The summed E-state index contributed by atoms with van der Waals surface area (Å²) in [6.07, 6.45) is 0. The van der Waals surface area contributed by atoms with Crippen LogP contribution in [0.5, 0.6) is 0 Å². The van der Waals surface area contributed by atoms with Gasteiger partial charge in [-0.2, -0.15) is 0 Å². The number of esters is 1. The number of carbonyl (C=O) groups is 1. The normalized spacial score (nSPS) is 13.9. The Balaban J connectivity index is 4.19. The first-order chi connectivity index (χ1) is 5.43. The predicted octanol–water partition coefficient (Wildman–Crippen LogP) is -1.08. The van der Waals surface area contributed by atoms with Gasteiger partial charge in [0.15, 0.2) is 9.84 Å². The van der Waals surface area contributed by atoms with Crippen molar-refractivity contribution in [2.24, 2.45) is 5.73 Å². The molecular weight excluding hydrogens is 182 g/mol. The molecule has 2 N–H and O–H groups in total. The maximum Gasteiger partial charge on any atom is 0.323 e. The third-order valence-corrected chi connectivity index (χ3v) is 3.12. The van der Waals surface area contributed by atoms with Crippen LogP contribution >= 0.6 is 0 Å². The van der Waals surface area contributed by atoms with E-state index in [4.69, 9.17) is 5.73 Å². The highest BCUT2D eigenvalue weighted by Gasteiger charge is 2.20. The third-order valence-electron chi connectivity index (χ3n) is 1.38. The fourth-order valence-electron chi connectivity index (χ4n) is 0.611. The average Bonchev–Trinajstić information content (AvgIpc) is 2.02. The highest BCUT2D eigenvalue weighted by atomic mass is 32.2. The first-order valence-electron chi connectivity index (χ1n) is 3.46. The van der Waals surface area contributed by atoms with Crippen molar-refractivity contribution in [3.05, 3.63) is 0 Å². The summed E-state index contributed by atoms with van der Waals surface area (Å²) in [4.78, 5) is 10.7. The second kappa shape index (κ2) is 4.42. The number of nitrogens with two attached hydrogens (primary N) is 1. The smallest absolute Gasteiger partial charge is 0.323 e. The molecule has 5 nitrogen and oxygen atoms in total. The van der Waals surface area contributed by atoms with Crippen LogP contribution in [-0.2, 0) is 19.4 Å². The topological polar surface area (TPSA) is 86.5 Å². The van der Waals surface area contributed by atoms with E-state index in [1.165, 1.54) is 14.0 Å². The minimum Gasteiger partial charge on any atom is -0.468 e. The molecule has 0 radical (unpaired) electrons. The molecule has 0 heterocycles. The molecule has 0 saturated heterocycles. The number of sulfone groups is 1. The van der Waals surface area contributed by atoms with Crippen molar-refractivity contribution in [2.45, 2.75) is 13.0 Å². The molecule has 6 heteroatoms. The van der Waals surface area contributed by atoms with Crippen molar-refractivity contribution in [3.63, 3.8) is 0 Å². The number of methoxy groups -OCH3 is 1. The number of ether oxygens (including phenoxy) is 1. The second-order valence-corrected chi connectivity index (χ2v) is 4.73. The van der Waals surface area contributed by atoms with Gasteiger partial charge in [0.25, 0.3) is 0 Å². The minimum absolute atomic E-state index is 0.0162. The summed E-state index contributed by atoms with van der Waals surface area (Å²) >= 11 is 0. The molecule has 1 unspecified atom stereocenters. The third kappa shape index (κ3) is 3.68. The Morgan fingerprint density at radius 3 is 2.42 bits per heavy atom. The van der Waals surface area contributed by atoms with E-state index in [1.807, 2.05) is 0 Å². The van der Waals surface area contributed by atoms with E-state index < -0.39 is 21.8 Å². The van der Waals surface area contributed by atoms with Gasteiger partial charge >= 0.3 is 5.97 Å². The number of rotatable bonds is 4. The van der Waals surface area contributed by atoms with Gasteiger partial charge < -0.3 is 10.5 Å². The molecule has 0 aromatic heterocycles. The van der Waals surface area contributed by atoms with Gasteiger partial charge in [-0.05, 0) is 0 Å². The van der Waals surface area contributed by atoms with Gasteiger partial charge in [0.1, 0.15) is 6.04 Å². The zero-order valence-electron chi connectivity index (χ0n) is 7.11. The van der Waals surface area contributed by atoms with Crippen molar-refractivity contribution in [3.8, 4) is 0 Å². The van der Waals surface area contributed by atoms with Gasteiger partial charge in [-0.25, -0.2) is 8.42 Å². The predicted molar refractivity (Wildman–Crippen MR) is 44.3 cm³/mol. The first-order valence-corrected chi connectivity index (χ1v) is 5.29. The lowest BCUT2D eigenvalue weighted by Gasteiger charge is -2.07. The van der Waals surface area contributed by atoms with Gasteiger partial charge in [-0.15, -0.1) is 0 Å². The van der Waals surface area contributed by atoms with Crippen LogP contribution in [0.2, 0.25) is 0 Å². The van der Waals surface area contributed by atoms with Crippen LogP contribution in [0.4, 0.5) is 0 Å². The van der Waals surface area contributed by atoms with E-state index in [0.29, 0.717) is 0 Å². The van der Waals surface area contributed by atoms with Crippen LogP contribution in [0, 0.1) is 0 Å². The van der Waals surface area contributed by atoms with Gasteiger partial charge in [-0.1, -0.05) is 6.92 Å². The molecule has 0 aliphatic carbocycles. The quantitative estimate of drug-likeness (QED) is 0.577. The lowest BCUT2D eigenvalue weighted by atomic mass is 10.4. The Morgan fingerprint density at radius 1 is 1.58 bits per heavy atom. The van der Waals surface area contributed by atoms with Gasteiger partial charge in [0.05, 0.1) is 12.9 Å². The summed E-state index contributed by atoms with van der Waals surface area (Å²) < 4.78 is 26.2. The van der Waals surface area contributed by atoms with Crippen LogP contribution < -0.4 is 5.73 Å². The zero-order chi connectivity index (χ0) is 9.78. The van der Waals surface area contributed by atoms with Crippen LogP contribution in [-0.4, -0.2) is 39.0 Å². The summed E-state index contributed by atoms with van der Waals surface area (Å²) in [5.74, 6) is -1.07.